The van der Waals surface area contributed by atoms with Crippen molar-refractivity contribution < 1.29 is 14.3 Å². The van der Waals surface area contributed by atoms with Gasteiger partial charge in [0.1, 0.15) is 0 Å². The molecule has 1 saturated carbocycles. The summed E-state index contributed by atoms with van der Waals surface area (Å²) in [5.74, 6) is -0.685. The summed E-state index contributed by atoms with van der Waals surface area (Å²) in [6, 6.07) is 14.8. The molecule has 0 heterocycles. The molecule has 25 heavy (non-hydrogen) atoms. The molecule has 1 N–H and O–H groups in total. The maximum absolute atomic E-state index is 12.5. The van der Waals surface area contributed by atoms with Crippen LogP contribution < -0.4 is 5.32 Å². The van der Waals surface area contributed by atoms with Crippen LogP contribution in [0.5, 0.6) is 0 Å². The van der Waals surface area contributed by atoms with Crippen molar-refractivity contribution in [1.82, 2.24) is 0 Å². The SMILES string of the molecule is CCc1ccccc1NC(=O)COC(=O)C1(c2ccc(Cl)cc2)CC1. The summed E-state index contributed by atoms with van der Waals surface area (Å²) in [6.45, 7) is 1.74. The van der Waals surface area contributed by atoms with Gasteiger partial charge in [0.15, 0.2) is 6.61 Å². The number of hydrogen-bond acceptors (Lipinski definition) is 3. The van der Waals surface area contributed by atoms with E-state index in [1.54, 1.807) is 12.1 Å². The van der Waals surface area contributed by atoms with Gasteiger partial charge in [-0.1, -0.05) is 48.9 Å². The summed E-state index contributed by atoms with van der Waals surface area (Å²) in [4.78, 5) is 24.6. The molecule has 1 amide bonds. The fourth-order valence-electron chi connectivity index (χ4n) is 2.91. The quantitative estimate of drug-likeness (QED) is 0.791. The van der Waals surface area contributed by atoms with E-state index in [9.17, 15) is 9.59 Å². The van der Waals surface area contributed by atoms with E-state index in [2.05, 4.69) is 5.32 Å². The molecule has 130 valence electrons. The number of carbonyl (C=O) groups is 2. The summed E-state index contributed by atoms with van der Waals surface area (Å²) in [6.07, 6.45) is 2.28. The molecule has 0 atom stereocenters. The highest BCUT2D eigenvalue weighted by molar-refractivity contribution is 6.30. The van der Waals surface area contributed by atoms with E-state index in [1.165, 1.54) is 0 Å². The molecule has 5 heteroatoms. The smallest absolute Gasteiger partial charge is 0.317 e. The number of amides is 1. The maximum Gasteiger partial charge on any atom is 0.317 e. The average molecular weight is 358 g/mol. The van der Waals surface area contributed by atoms with Gasteiger partial charge in [-0.05, 0) is 48.6 Å². The van der Waals surface area contributed by atoms with Crippen LogP contribution in [0.1, 0.15) is 30.9 Å². The first-order valence-corrected chi connectivity index (χ1v) is 8.74. The first-order valence-electron chi connectivity index (χ1n) is 8.36. The summed E-state index contributed by atoms with van der Waals surface area (Å²) >= 11 is 5.90. The van der Waals surface area contributed by atoms with Crippen LogP contribution in [0.2, 0.25) is 5.02 Å². The number of anilines is 1. The summed E-state index contributed by atoms with van der Waals surface area (Å²) in [7, 11) is 0. The fourth-order valence-corrected chi connectivity index (χ4v) is 3.04. The molecular formula is C20H20ClNO3. The Bertz CT molecular complexity index is 782. The molecule has 2 aromatic rings. The monoisotopic (exact) mass is 357 g/mol. The van der Waals surface area contributed by atoms with Crippen molar-refractivity contribution in [2.75, 3.05) is 11.9 Å². The zero-order valence-corrected chi connectivity index (χ0v) is 14.8. The molecule has 0 aliphatic heterocycles. The molecule has 1 fully saturated rings. The molecular weight excluding hydrogens is 338 g/mol. The standard InChI is InChI=1S/C20H20ClNO3/c1-2-14-5-3-4-6-17(14)22-18(23)13-25-19(24)20(11-12-20)15-7-9-16(21)10-8-15/h3-10H,2,11-13H2,1H3,(H,22,23). The lowest BCUT2D eigenvalue weighted by Gasteiger charge is -2.15. The molecule has 3 rings (SSSR count). The van der Waals surface area contributed by atoms with E-state index in [4.69, 9.17) is 16.3 Å². The van der Waals surface area contributed by atoms with Gasteiger partial charge in [-0.25, -0.2) is 0 Å². The maximum atomic E-state index is 12.5. The van der Waals surface area contributed by atoms with Crippen LogP contribution in [-0.4, -0.2) is 18.5 Å². The number of carbonyl (C=O) groups excluding carboxylic acids is 2. The highest BCUT2D eigenvalue weighted by atomic mass is 35.5. The van der Waals surface area contributed by atoms with Gasteiger partial charge in [-0.15, -0.1) is 0 Å². The van der Waals surface area contributed by atoms with Crippen LogP contribution in [0.4, 0.5) is 5.69 Å². The Balaban J connectivity index is 1.59. The van der Waals surface area contributed by atoms with Gasteiger partial charge >= 0.3 is 5.97 Å². The van der Waals surface area contributed by atoms with Crippen LogP contribution in [0.15, 0.2) is 48.5 Å². The number of esters is 1. The number of benzene rings is 2. The first-order chi connectivity index (χ1) is 12.0. The van der Waals surface area contributed by atoms with E-state index in [0.717, 1.165) is 36.1 Å². The third-order valence-corrected chi connectivity index (χ3v) is 4.80. The predicted molar refractivity (Wildman–Crippen MR) is 97.8 cm³/mol. The Morgan fingerprint density at radius 2 is 1.80 bits per heavy atom. The lowest BCUT2D eigenvalue weighted by Crippen LogP contribution is -2.28. The Morgan fingerprint density at radius 3 is 2.44 bits per heavy atom. The van der Waals surface area contributed by atoms with E-state index in [0.29, 0.717) is 5.02 Å². The summed E-state index contributed by atoms with van der Waals surface area (Å²) in [5, 5.41) is 3.43. The number of ether oxygens (including phenoxy) is 1. The second-order valence-corrected chi connectivity index (χ2v) is 6.66. The molecule has 0 aromatic heterocycles. The Morgan fingerprint density at radius 1 is 1.12 bits per heavy atom. The third kappa shape index (κ3) is 3.85. The topological polar surface area (TPSA) is 55.4 Å². The number of para-hydroxylation sites is 1. The second kappa shape index (κ2) is 7.28. The van der Waals surface area contributed by atoms with E-state index in [1.807, 2.05) is 43.3 Å². The number of nitrogens with one attached hydrogen (secondary N) is 1. The van der Waals surface area contributed by atoms with Crippen molar-refractivity contribution in [3.05, 3.63) is 64.7 Å². The van der Waals surface area contributed by atoms with Gasteiger partial charge in [-0.3, -0.25) is 9.59 Å². The zero-order valence-electron chi connectivity index (χ0n) is 14.0. The number of hydrogen-bond donors (Lipinski definition) is 1. The molecule has 0 unspecified atom stereocenters. The normalized spacial score (nSPS) is 14.6. The highest BCUT2D eigenvalue weighted by Crippen LogP contribution is 2.49. The highest BCUT2D eigenvalue weighted by Gasteiger charge is 2.52. The molecule has 2 aromatic carbocycles. The van der Waals surface area contributed by atoms with Crippen LogP contribution in [0, 0.1) is 0 Å². The number of aryl methyl sites for hydroxylation is 1. The average Bonchev–Trinajstić information content (AvgIpc) is 3.42. The van der Waals surface area contributed by atoms with Gasteiger partial charge in [-0.2, -0.15) is 0 Å². The van der Waals surface area contributed by atoms with Crippen molar-refractivity contribution >= 4 is 29.2 Å². The predicted octanol–water partition coefficient (Wildman–Crippen LogP) is 4.12. The molecule has 0 spiro atoms. The molecule has 4 nitrogen and oxygen atoms in total. The van der Waals surface area contributed by atoms with E-state index >= 15 is 0 Å². The van der Waals surface area contributed by atoms with Crippen LogP contribution in [-0.2, 0) is 26.2 Å². The van der Waals surface area contributed by atoms with Gasteiger partial charge in [0.05, 0.1) is 5.41 Å². The zero-order chi connectivity index (χ0) is 17.9. The van der Waals surface area contributed by atoms with Crippen LogP contribution >= 0.6 is 11.6 Å². The van der Waals surface area contributed by atoms with Crippen molar-refractivity contribution in [2.45, 2.75) is 31.6 Å². The third-order valence-electron chi connectivity index (χ3n) is 4.54. The van der Waals surface area contributed by atoms with Crippen LogP contribution in [0.25, 0.3) is 0 Å². The van der Waals surface area contributed by atoms with Crippen molar-refractivity contribution in [2.24, 2.45) is 0 Å². The molecule has 1 aliphatic rings. The van der Waals surface area contributed by atoms with Crippen molar-refractivity contribution in [1.29, 1.82) is 0 Å². The van der Waals surface area contributed by atoms with Crippen molar-refractivity contribution in [3.8, 4) is 0 Å². The fraction of sp³-hybridized carbons (Fsp3) is 0.300. The Kier molecular flexibility index (Phi) is 5.09. The minimum Gasteiger partial charge on any atom is -0.455 e. The van der Waals surface area contributed by atoms with Crippen LogP contribution in [0.3, 0.4) is 0 Å². The van der Waals surface area contributed by atoms with Gasteiger partial charge in [0, 0.05) is 10.7 Å². The summed E-state index contributed by atoms with van der Waals surface area (Å²) in [5.41, 5.74) is 2.07. The molecule has 0 saturated heterocycles. The van der Waals surface area contributed by atoms with E-state index < -0.39 is 5.41 Å². The largest absolute Gasteiger partial charge is 0.455 e. The second-order valence-electron chi connectivity index (χ2n) is 6.22. The minimum absolute atomic E-state index is 0.285. The Hall–Kier alpha value is -2.33. The van der Waals surface area contributed by atoms with Gasteiger partial charge < -0.3 is 10.1 Å². The van der Waals surface area contributed by atoms with Gasteiger partial charge in [0.2, 0.25) is 0 Å². The summed E-state index contributed by atoms with van der Waals surface area (Å²) < 4.78 is 5.28. The first kappa shape index (κ1) is 17.5. The Labute approximate surface area is 152 Å². The lowest BCUT2D eigenvalue weighted by atomic mass is 9.96. The number of halogens is 1. The van der Waals surface area contributed by atoms with Gasteiger partial charge in [0.25, 0.3) is 5.91 Å². The molecule has 1 aliphatic carbocycles. The number of rotatable bonds is 6. The minimum atomic E-state index is -0.619. The molecule has 0 radical (unpaired) electrons. The van der Waals surface area contributed by atoms with E-state index in [-0.39, 0.29) is 18.5 Å². The lowest BCUT2D eigenvalue weighted by molar-refractivity contribution is -0.150. The van der Waals surface area contributed by atoms with Crippen molar-refractivity contribution in [3.63, 3.8) is 0 Å². The molecule has 0 bridgehead atoms.